The lowest BCUT2D eigenvalue weighted by molar-refractivity contribution is 0.253. The van der Waals surface area contributed by atoms with Crippen molar-refractivity contribution < 1.29 is 5.11 Å². The quantitative estimate of drug-likeness (QED) is 0.909. The highest BCUT2D eigenvalue weighted by Crippen LogP contribution is 2.22. The van der Waals surface area contributed by atoms with Gasteiger partial charge in [0.05, 0.1) is 5.69 Å². The molecule has 1 aromatic carbocycles. The molecular weight excluding hydrogens is 248 g/mol. The van der Waals surface area contributed by atoms with Crippen molar-refractivity contribution in [2.24, 2.45) is 0 Å². The number of benzene rings is 1. The fraction of sp³-hybridized carbons (Fsp3) is 0.353. The van der Waals surface area contributed by atoms with E-state index in [9.17, 15) is 5.11 Å². The minimum absolute atomic E-state index is 0.299. The monoisotopic (exact) mass is 268 g/mol. The van der Waals surface area contributed by atoms with Gasteiger partial charge in [-0.15, -0.1) is 0 Å². The third kappa shape index (κ3) is 2.83. The van der Waals surface area contributed by atoms with Crippen molar-refractivity contribution in [2.45, 2.75) is 32.9 Å². The summed E-state index contributed by atoms with van der Waals surface area (Å²) in [5.41, 5.74) is 4.59. The van der Waals surface area contributed by atoms with Crippen LogP contribution >= 0.6 is 0 Å². The van der Waals surface area contributed by atoms with Crippen LogP contribution in [-0.2, 0) is 19.5 Å². The molecule has 0 aliphatic carbocycles. The zero-order valence-corrected chi connectivity index (χ0v) is 11.8. The Morgan fingerprint density at radius 1 is 1.15 bits per heavy atom. The SMILES string of the molecule is Cc1ccc(O)c(CN2CCCc3ccccc3C2)n1. The Morgan fingerprint density at radius 2 is 1.95 bits per heavy atom. The Balaban J connectivity index is 1.80. The summed E-state index contributed by atoms with van der Waals surface area (Å²) in [7, 11) is 0. The second kappa shape index (κ2) is 5.63. The lowest BCUT2D eigenvalue weighted by atomic mass is 10.0. The van der Waals surface area contributed by atoms with E-state index in [-0.39, 0.29) is 0 Å². The van der Waals surface area contributed by atoms with Gasteiger partial charge in [0.15, 0.2) is 0 Å². The summed E-state index contributed by atoms with van der Waals surface area (Å²) >= 11 is 0. The molecule has 0 fully saturated rings. The number of hydrogen-bond acceptors (Lipinski definition) is 3. The molecular formula is C17H20N2O. The molecule has 0 saturated heterocycles. The van der Waals surface area contributed by atoms with Crippen LogP contribution in [0.5, 0.6) is 5.75 Å². The average Bonchev–Trinajstić information content (AvgIpc) is 2.64. The van der Waals surface area contributed by atoms with E-state index < -0.39 is 0 Å². The fourth-order valence-corrected chi connectivity index (χ4v) is 2.83. The predicted octanol–water partition coefficient (Wildman–Crippen LogP) is 3.04. The summed E-state index contributed by atoms with van der Waals surface area (Å²) < 4.78 is 0. The summed E-state index contributed by atoms with van der Waals surface area (Å²) in [6.45, 7) is 4.65. The minimum Gasteiger partial charge on any atom is -0.506 e. The van der Waals surface area contributed by atoms with Crippen molar-refractivity contribution in [3.05, 3.63) is 58.9 Å². The van der Waals surface area contributed by atoms with Crippen LogP contribution in [0.15, 0.2) is 36.4 Å². The topological polar surface area (TPSA) is 36.4 Å². The van der Waals surface area contributed by atoms with E-state index in [1.807, 2.05) is 13.0 Å². The van der Waals surface area contributed by atoms with Gasteiger partial charge >= 0.3 is 0 Å². The van der Waals surface area contributed by atoms with Gasteiger partial charge in [0.1, 0.15) is 5.75 Å². The highest BCUT2D eigenvalue weighted by atomic mass is 16.3. The van der Waals surface area contributed by atoms with Crippen LogP contribution in [-0.4, -0.2) is 21.5 Å². The Bertz CT molecular complexity index is 610. The predicted molar refractivity (Wildman–Crippen MR) is 79.5 cm³/mol. The summed E-state index contributed by atoms with van der Waals surface area (Å²) in [4.78, 5) is 6.83. The molecule has 0 unspecified atom stereocenters. The van der Waals surface area contributed by atoms with Gasteiger partial charge in [-0.3, -0.25) is 9.88 Å². The lowest BCUT2D eigenvalue weighted by Crippen LogP contribution is -2.23. The van der Waals surface area contributed by atoms with Gasteiger partial charge in [0.2, 0.25) is 0 Å². The molecule has 1 N–H and O–H groups in total. The first-order valence-corrected chi connectivity index (χ1v) is 7.17. The molecule has 2 aromatic rings. The van der Waals surface area contributed by atoms with Crippen LogP contribution in [0.3, 0.4) is 0 Å². The standard InChI is InChI=1S/C17H20N2O/c1-13-8-9-17(20)16(18-13)12-19-10-4-7-14-5-2-3-6-15(14)11-19/h2-3,5-6,8-9,20H,4,7,10-12H2,1H3. The molecule has 1 aliphatic rings. The van der Waals surface area contributed by atoms with Gasteiger partial charge in [-0.2, -0.15) is 0 Å². The molecule has 0 bridgehead atoms. The van der Waals surface area contributed by atoms with Crippen LogP contribution in [0.25, 0.3) is 0 Å². The van der Waals surface area contributed by atoms with Gasteiger partial charge < -0.3 is 5.11 Å². The molecule has 0 spiro atoms. The van der Waals surface area contributed by atoms with E-state index in [4.69, 9.17) is 0 Å². The van der Waals surface area contributed by atoms with Crippen molar-refractivity contribution in [2.75, 3.05) is 6.54 Å². The minimum atomic E-state index is 0.299. The first-order valence-electron chi connectivity index (χ1n) is 7.17. The summed E-state index contributed by atoms with van der Waals surface area (Å²) in [6.07, 6.45) is 2.30. The number of aromatic hydroxyl groups is 1. The Morgan fingerprint density at radius 3 is 2.80 bits per heavy atom. The highest BCUT2D eigenvalue weighted by molar-refractivity contribution is 5.30. The number of aryl methyl sites for hydroxylation is 2. The van der Waals surface area contributed by atoms with Crippen molar-refractivity contribution in [1.82, 2.24) is 9.88 Å². The van der Waals surface area contributed by atoms with E-state index >= 15 is 0 Å². The maximum atomic E-state index is 9.94. The highest BCUT2D eigenvalue weighted by Gasteiger charge is 2.16. The molecule has 0 atom stereocenters. The largest absolute Gasteiger partial charge is 0.506 e. The zero-order valence-electron chi connectivity index (χ0n) is 11.8. The maximum Gasteiger partial charge on any atom is 0.138 e. The third-order valence-corrected chi connectivity index (χ3v) is 3.90. The number of hydrogen-bond donors (Lipinski definition) is 1. The first kappa shape index (κ1) is 13.1. The number of aromatic nitrogens is 1. The van der Waals surface area contributed by atoms with Crippen LogP contribution < -0.4 is 0 Å². The second-order valence-corrected chi connectivity index (χ2v) is 5.50. The van der Waals surface area contributed by atoms with E-state index in [2.05, 4.69) is 34.1 Å². The van der Waals surface area contributed by atoms with Crippen LogP contribution in [0.2, 0.25) is 0 Å². The molecule has 1 aromatic heterocycles. The molecule has 0 radical (unpaired) electrons. The molecule has 1 aliphatic heterocycles. The number of fused-ring (bicyclic) bond motifs is 1. The zero-order chi connectivity index (χ0) is 13.9. The smallest absolute Gasteiger partial charge is 0.138 e. The first-order chi connectivity index (χ1) is 9.72. The van der Waals surface area contributed by atoms with Crippen molar-refractivity contribution in [3.63, 3.8) is 0 Å². The number of pyridine rings is 1. The van der Waals surface area contributed by atoms with Crippen molar-refractivity contribution in [1.29, 1.82) is 0 Å². The van der Waals surface area contributed by atoms with Gasteiger partial charge in [-0.1, -0.05) is 24.3 Å². The fourth-order valence-electron chi connectivity index (χ4n) is 2.83. The molecule has 3 nitrogen and oxygen atoms in total. The van der Waals surface area contributed by atoms with Crippen LogP contribution in [0.1, 0.15) is 28.9 Å². The molecule has 20 heavy (non-hydrogen) atoms. The van der Waals surface area contributed by atoms with Gasteiger partial charge in [0, 0.05) is 18.8 Å². The summed E-state index contributed by atoms with van der Waals surface area (Å²) in [6, 6.07) is 12.2. The normalized spacial score (nSPS) is 15.7. The van der Waals surface area contributed by atoms with Crippen LogP contribution in [0, 0.1) is 6.92 Å². The molecule has 3 rings (SSSR count). The molecule has 0 amide bonds. The number of rotatable bonds is 2. The maximum absolute atomic E-state index is 9.94. The molecule has 3 heteroatoms. The Kier molecular flexibility index (Phi) is 3.70. The van der Waals surface area contributed by atoms with Gasteiger partial charge in [-0.25, -0.2) is 0 Å². The van der Waals surface area contributed by atoms with Crippen LogP contribution in [0.4, 0.5) is 0 Å². The third-order valence-electron chi connectivity index (χ3n) is 3.90. The summed E-state index contributed by atoms with van der Waals surface area (Å²) in [5, 5.41) is 9.94. The van der Waals surface area contributed by atoms with E-state index in [0.717, 1.165) is 37.3 Å². The molecule has 2 heterocycles. The molecule has 104 valence electrons. The Labute approximate surface area is 119 Å². The number of nitrogens with zero attached hydrogens (tertiary/aromatic N) is 2. The van der Waals surface area contributed by atoms with Crippen molar-refractivity contribution in [3.8, 4) is 5.75 Å². The molecule has 0 saturated carbocycles. The lowest BCUT2D eigenvalue weighted by Gasteiger charge is -2.20. The van der Waals surface area contributed by atoms with E-state index in [0.29, 0.717) is 12.3 Å². The van der Waals surface area contributed by atoms with E-state index in [1.165, 1.54) is 11.1 Å². The summed E-state index contributed by atoms with van der Waals surface area (Å²) in [5.74, 6) is 0.299. The second-order valence-electron chi connectivity index (χ2n) is 5.50. The van der Waals surface area contributed by atoms with Gasteiger partial charge in [0.25, 0.3) is 0 Å². The Hall–Kier alpha value is -1.87. The van der Waals surface area contributed by atoms with Gasteiger partial charge in [-0.05, 0) is 49.6 Å². The average molecular weight is 268 g/mol. The van der Waals surface area contributed by atoms with Crippen molar-refractivity contribution >= 4 is 0 Å². The van der Waals surface area contributed by atoms with E-state index in [1.54, 1.807) is 6.07 Å².